The molecule has 204 valence electrons. The lowest BCUT2D eigenvalue weighted by Crippen LogP contribution is -2.34. The molecule has 0 atom stereocenters. The quantitative estimate of drug-likeness (QED) is 0.296. The van der Waals surface area contributed by atoms with Gasteiger partial charge in [0.1, 0.15) is 18.9 Å². The van der Waals surface area contributed by atoms with Crippen molar-refractivity contribution < 1.29 is 26.3 Å². The monoisotopic (exact) mass is 548 g/mol. The van der Waals surface area contributed by atoms with Crippen molar-refractivity contribution in [2.75, 3.05) is 31.0 Å². The molecule has 11 heteroatoms. The van der Waals surface area contributed by atoms with E-state index in [1.165, 1.54) is 22.8 Å². The number of fused-ring (bicyclic) bond motifs is 1. The lowest BCUT2D eigenvalue weighted by atomic mass is 9.91. The summed E-state index contributed by atoms with van der Waals surface area (Å²) in [6.07, 6.45) is 0.675. The van der Waals surface area contributed by atoms with E-state index in [1.54, 1.807) is 18.2 Å². The number of ether oxygens (including phenoxy) is 1. The van der Waals surface area contributed by atoms with Gasteiger partial charge in [-0.3, -0.25) is 0 Å². The van der Waals surface area contributed by atoms with Gasteiger partial charge in [0.05, 0.1) is 21.8 Å². The average Bonchev–Trinajstić information content (AvgIpc) is 3.19. The molecule has 2 aromatic carbocycles. The van der Waals surface area contributed by atoms with Crippen molar-refractivity contribution in [2.45, 2.75) is 55.4 Å². The van der Waals surface area contributed by atoms with E-state index in [9.17, 15) is 21.6 Å². The number of nitrogens with two attached hydrogens (primary N) is 1. The van der Waals surface area contributed by atoms with Crippen molar-refractivity contribution >= 4 is 32.1 Å². The Morgan fingerprint density at radius 3 is 2.45 bits per heavy atom. The standard InChI is InChI=1S/C27H31F3N4O3S/c1-32-18-8-10-19(11-9-18)33-24-6-3-7-25-22(24)15-20(34(25)17-27(28,29)30)5-4-14-37-26-13-12-21(16-23(26)31)38(2,35)36/h3,6-7,12-13,15-16,18-19,32-33H,8-11,14,17,31H2,1-2H3/t18-,19-. The highest BCUT2D eigenvalue weighted by Crippen LogP contribution is 2.32. The molecule has 38 heavy (non-hydrogen) atoms. The fourth-order valence-corrected chi connectivity index (χ4v) is 5.40. The number of nitrogen functional groups attached to an aromatic ring is 1. The topological polar surface area (TPSA) is 98.4 Å². The maximum atomic E-state index is 13.5. The van der Waals surface area contributed by atoms with E-state index >= 15 is 0 Å². The van der Waals surface area contributed by atoms with Crippen LogP contribution in [0.2, 0.25) is 0 Å². The van der Waals surface area contributed by atoms with E-state index in [4.69, 9.17) is 10.5 Å². The van der Waals surface area contributed by atoms with Gasteiger partial charge in [0.2, 0.25) is 0 Å². The molecule has 7 nitrogen and oxygen atoms in total. The van der Waals surface area contributed by atoms with Crippen LogP contribution in [0.25, 0.3) is 10.9 Å². The van der Waals surface area contributed by atoms with Gasteiger partial charge in [-0.1, -0.05) is 12.0 Å². The molecular formula is C27H31F3N4O3S. The summed E-state index contributed by atoms with van der Waals surface area (Å²) in [5.41, 5.74) is 7.46. The van der Waals surface area contributed by atoms with E-state index in [0.29, 0.717) is 16.9 Å². The second-order valence-corrected chi connectivity index (χ2v) is 11.5. The molecule has 1 saturated carbocycles. The maximum Gasteiger partial charge on any atom is 0.406 e. The largest absolute Gasteiger partial charge is 0.479 e. The highest BCUT2D eigenvalue weighted by atomic mass is 32.2. The van der Waals surface area contributed by atoms with Crippen molar-refractivity contribution in [3.05, 3.63) is 48.2 Å². The van der Waals surface area contributed by atoms with E-state index in [0.717, 1.165) is 37.6 Å². The minimum absolute atomic E-state index is 0.0598. The van der Waals surface area contributed by atoms with Crippen molar-refractivity contribution in [1.29, 1.82) is 0 Å². The van der Waals surface area contributed by atoms with Gasteiger partial charge >= 0.3 is 6.18 Å². The van der Waals surface area contributed by atoms with Crippen LogP contribution in [-0.4, -0.2) is 51.2 Å². The van der Waals surface area contributed by atoms with Gasteiger partial charge < -0.3 is 25.7 Å². The molecule has 0 spiro atoms. The van der Waals surface area contributed by atoms with Gasteiger partial charge in [-0.15, -0.1) is 0 Å². The molecular weight excluding hydrogens is 517 g/mol. The summed E-state index contributed by atoms with van der Waals surface area (Å²) < 4.78 is 70.5. The number of hydrogen-bond donors (Lipinski definition) is 3. The zero-order chi connectivity index (χ0) is 27.5. The first-order valence-corrected chi connectivity index (χ1v) is 14.2. The summed E-state index contributed by atoms with van der Waals surface area (Å²) in [4.78, 5) is 0.0598. The number of sulfone groups is 1. The van der Waals surface area contributed by atoms with Gasteiger partial charge in [-0.05, 0) is 75.0 Å². The number of halogens is 3. The lowest BCUT2D eigenvalue weighted by Gasteiger charge is -2.29. The number of nitrogens with zero attached hydrogens (tertiary/aromatic N) is 1. The van der Waals surface area contributed by atoms with Crippen molar-refractivity contribution in [3.8, 4) is 17.6 Å². The van der Waals surface area contributed by atoms with Crippen LogP contribution < -0.4 is 21.1 Å². The first-order valence-electron chi connectivity index (χ1n) is 12.3. The fraction of sp³-hybridized carbons (Fsp3) is 0.407. The Labute approximate surface area is 220 Å². The molecule has 3 aromatic rings. The number of aromatic nitrogens is 1. The Kier molecular flexibility index (Phi) is 8.13. The summed E-state index contributed by atoms with van der Waals surface area (Å²) in [5.74, 6) is 5.81. The first kappa shape index (κ1) is 27.7. The Morgan fingerprint density at radius 2 is 1.82 bits per heavy atom. The van der Waals surface area contributed by atoms with Crippen LogP contribution in [0.4, 0.5) is 24.5 Å². The summed E-state index contributed by atoms with van der Waals surface area (Å²) in [7, 11) is -1.46. The van der Waals surface area contributed by atoms with Crippen molar-refractivity contribution in [2.24, 2.45) is 0 Å². The predicted molar refractivity (Wildman–Crippen MR) is 143 cm³/mol. The summed E-state index contributed by atoms with van der Waals surface area (Å²) in [6.45, 7) is -1.31. The third-order valence-corrected chi connectivity index (χ3v) is 7.81. The SMILES string of the molecule is CN[C@H]1CC[C@H](Nc2cccc3c2cc(C#CCOc2ccc(S(C)(=O)=O)cc2N)n3CC(F)(F)F)CC1. The zero-order valence-electron chi connectivity index (χ0n) is 21.2. The molecule has 0 radical (unpaired) electrons. The third-order valence-electron chi connectivity index (χ3n) is 6.70. The lowest BCUT2D eigenvalue weighted by molar-refractivity contribution is -0.140. The van der Waals surface area contributed by atoms with Gasteiger partial charge in [0.25, 0.3) is 0 Å². The van der Waals surface area contributed by atoms with E-state index in [-0.39, 0.29) is 34.7 Å². The van der Waals surface area contributed by atoms with Gasteiger partial charge in [-0.25, -0.2) is 8.42 Å². The molecule has 1 fully saturated rings. The zero-order valence-corrected chi connectivity index (χ0v) is 22.0. The van der Waals surface area contributed by atoms with E-state index in [2.05, 4.69) is 22.5 Å². The molecule has 0 bridgehead atoms. The molecule has 1 aliphatic carbocycles. The Morgan fingerprint density at radius 1 is 1.11 bits per heavy atom. The molecule has 4 N–H and O–H groups in total. The Hall–Kier alpha value is -3.36. The highest BCUT2D eigenvalue weighted by molar-refractivity contribution is 7.90. The molecule has 0 aliphatic heterocycles. The summed E-state index contributed by atoms with van der Waals surface area (Å²) >= 11 is 0. The smallest absolute Gasteiger partial charge is 0.406 e. The van der Waals surface area contributed by atoms with Crippen LogP contribution in [0.1, 0.15) is 31.4 Å². The molecule has 1 heterocycles. The van der Waals surface area contributed by atoms with Crippen LogP contribution in [0.5, 0.6) is 5.75 Å². The number of alkyl halides is 3. The fourth-order valence-electron chi connectivity index (χ4n) is 4.74. The molecule has 1 aliphatic rings. The Balaban J connectivity index is 1.57. The van der Waals surface area contributed by atoms with Crippen molar-refractivity contribution in [3.63, 3.8) is 0 Å². The van der Waals surface area contributed by atoms with Gasteiger partial charge in [0, 0.05) is 29.4 Å². The van der Waals surface area contributed by atoms with E-state index in [1.807, 2.05) is 13.1 Å². The van der Waals surface area contributed by atoms with Gasteiger partial charge in [-0.2, -0.15) is 13.2 Å². The molecule has 1 aromatic heterocycles. The minimum atomic E-state index is -4.43. The predicted octanol–water partition coefficient (Wildman–Crippen LogP) is 4.56. The Bertz CT molecular complexity index is 1460. The van der Waals surface area contributed by atoms with E-state index < -0.39 is 22.6 Å². The average molecular weight is 549 g/mol. The second-order valence-electron chi connectivity index (χ2n) is 9.51. The van der Waals surface area contributed by atoms with Crippen LogP contribution in [-0.2, 0) is 16.4 Å². The summed E-state index contributed by atoms with van der Waals surface area (Å²) in [5, 5.41) is 7.51. The third kappa shape index (κ3) is 6.74. The molecule has 0 saturated heterocycles. The van der Waals surface area contributed by atoms with Crippen LogP contribution in [0, 0.1) is 11.8 Å². The number of benzene rings is 2. The maximum absolute atomic E-state index is 13.5. The molecule has 0 amide bonds. The highest BCUT2D eigenvalue weighted by Gasteiger charge is 2.30. The minimum Gasteiger partial charge on any atom is -0.479 e. The van der Waals surface area contributed by atoms with Crippen molar-refractivity contribution in [1.82, 2.24) is 9.88 Å². The number of rotatable bonds is 7. The first-order chi connectivity index (χ1) is 17.9. The normalized spacial score (nSPS) is 18.1. The second kappa shape index (κ2) is 11.2. The number of anilines is 2. The summed E-state index contributed by atoms with van der Waals surface area (Å²) in [6, 6.07) is 11.8. The van der Waals surface area contributed by atoms with Gasteiger partial charge in [0.15, 0.2) is 9.84 Å². The number of nitrogens with one attached hydrogen (secondary N) is 2. The molecule has 4 rings (SSSR count). The van der Waals surface area contributed by atoms with Crippen LogP contribution >= 0.6 is 0 Å². The molecule has 0 unspecified atom stereocenters. The van der Waals surface area contributed by atoms with Crippen LogP contribution in [0.3, 0.4) is 0 Å². The van der Waals surface area contributed by atoms with Crippen LogP contribution in [0.15, 0.2) is 47.4 Å². The number of hydrogen-bond acceptors (Lipinski definition) is 6.